The molecule has 0 spiro atoms. The molecule has 0 bridgehead atoms. The van der Waals surface area contributed by atoms with Crippen LogP contribution >= 0.6 is 0 Å². The lowest BCUT2D eigenvalue weighted by atomic mass is 9.85. The molecule has 1 atom stereocenters. The third-order valence-electron chi connectivity index (χ3n) is 3.72. The lowest BCUT2D eigenvalue weighted by molar-refractivity contribution is 0.319. The van der Waals surface area contributed by atoms with Crippen LogP contribution < -0.4 is 5.73 Å². The topological polar surface area (TPSA) is 69.6 Å². The number of rotatable bonds is 3. The van der Waals surface area contributed by atoms with E-state index in [-0.39, 0.29) is 6.04 Å². The van der Waals surface area contributed by atoms with E-state index in [1.54, 1.807) is 7.05 Å². The number of nitrogens with two attached hydrogens (primary N) is 1. The van der Waals surface area contributed by atoms with Crippen LogP contribution in [0.3, 0.4) is 0 Å². The zero-order valence-corrected chi connectivity index (χ0v) is 10.7. The van der Waals surface area contributed by atoms with Crippen molar-refractivity contribution >= 4 is 0 Å². The van der Waals surface area contributed by atoms with Gasteiger partial charge in [-0.2, -0.15) is 4.80 Å². The lowest BCUT2D eigenvalue weighted by Gasteiger charge is -2.24. The predicted octanol–water partition coefficient (Wildman–Crippen LogP) is 1.44. The average molecular weight is 237 g/mol. The molecule has 5 heteroatoms. The summed E-state index contributed by atoms with van der Waals surface area (Å²) >= 11 is 0. The third-order valence-corrected chi connectivity index (χ3v) is 3.72. The van der Waals surface area contributed by atoms with Crippen LogP contribution in [0.2, 0.25) is 0 Å². The van der Waals surface area contributed by atoms with Gasteiger partial charge in [-0.1, -0.05) is 32.1 Å². The van der Waals surface area contributed by atoms with Crippen LogP contribution in [0.5, 0.6) is 0 Å². The minimum absolute atomic E-state index is 0.192. The highest BCUT2D eigenvalue weighted by atomic mass is 15.6. The van der Waals surface area contributed by atoms with Crippen molar-refractivity contribution < 1.29 is 0 Å². The fourth-order valence-corrected chi connectivity index (χ4v) is 2.70. The number of hydrogen-bond acceptors (Lipinski definition) is 4. The molecule has 0 aromatic carbocycles. The second-order valence-corrected chi connectivity index (χ2v) is 5.17. The first-order valence-corrected chi connectivity index (χ1v) is 6.74. The molecule has 0 amide bonds. The first kappa shape index (κ1) is 12.5. The maximum atomic E-state index is 6.29. The van der Waals surface area contributed by atoms with Crippen LogP contribution in [0.4, 0.5) is 0 Å². The number of aryl methyl sites for hydroxylation is 1. The third kappa shape index (κ3) is 3.77. The van der Waals surface area contributed by atoms with Gasteiger partial charge in [0.15, 0.2) is 5.82 Å². The van der Waals surface area contributed by atoms with Crippen LogP contribution in [0, 0.1) is 5.92 Å². The summed E-state index contributed by atoms with van der Waals surface area (Å²) in [6, 6.07) is 0.192. The number of aromatic nitrogens is 4. The Kier molecular flexibility index (Phi) is 4.48. The monoisotopic (exact) mass is 237 g/mol. The van der Waals surface area contributed by atoms with Gasteiger partial charge in [-0.05, 0) is 24.0 Å². The zero-order valence-electron chi connectivity index (χ0n) is 10.7. The van der Waals surface area contributed by atoms with Crippen LogP contribution in [-0.4, -0.2) is 26.2 Å². The van der Waals surface area contributed by atoms with E-state index in [2.05, 4.69) is 15.4 Å². The minimum Gasteiger partial charge on any atom is -0.327 e. The van der Waals surface area contributed by atoms with Gasteiger partial charge >= 0.3 is 0 Å². The van der Waals surface area contributed by atoms with Gasteiger partial charge in [0.1, 0.15) is 0 Å². The van der Waals surface area contributed by atoms with Gasteiger partial charge in [0.2, 0.25) is 0 Å². The van der Waals surface area contributed by atoms with Crippen molar-refractivity contribution in [2.45, 2.75) is 57.4 Å². The van der Waals surface area contributed by atoms with Crippen molar-refractivity contribution in [1.29, 1.82) is 0 Å². The zero-order chi connectivity index (χ0) is 12.1. The van der Waals surface area contributed by atoms with Crippen LogP contribution in [0.1, 0.15) is 50.8 Å². The van der Waals surface area contributed by atoms with E-state index >= 15 is 0 Å². The number of hydrogen-bond donors (Lipinski definition) is 1. The predicted molar refractivity (Wildman–Crippen MR) is 66.3 cm³/mol. The molecule has 2 N–H and O–H groups in total. The van der Waals surface area contributed by atoms with Crippen molar-refractivity contribution in [3.05, 3.63) is 5.82 Å². The molecule has 5 nitrogen and oxygen atoms in total. The molecule has 1 aliphatic rings. The van der Waals surface area contributed by atoms with Crippen LogP contribution in [0.25, 0.3) is 0 Å². The van der Waals surface area contributed by atoms with E-state index < -0.39 is 0 Å². The van der Waals surface area contributed by atoms with E-state index in [1.807, 2.05) is 0 Å². The first-order chi connectivity index (χ1) is 8.25. The lowest BCUT2D eigenvalue weighted by Crippen LogP contribution is -2.33. The Morgan fingerprint density at radius 3 is 2.47 bits per heavy atom. The summed E-state index contributed by atoms with van der Waals surface area (Å²) in [5, 5.41) is 12.1. The van der Waals surface area contributed by atoms with Gasteiger partial charge in [0.25, 0.3) is 0 Å². The molecule has 1 aliphatic carbocycles. The molecule has 1 aromatic rings. The van der Waals surface area contributed by atoms with E-state index in [9.17, 15) is 0 Å². The fourth-order valence-electron chi connectivity index (χ4n) is 2.70. The molecular weight excluding hydrogens is 214 g/mol. The molecular formula is C12H23N5. The van der Waals surface area contributed by atoms with E-state index in [1.165, 1.54) is 49.7 Å². The Hall–Kier alpha value is -0.970. The fraction of sp³-hybridized carbons (Fsp3) is 0.917. The summed E-state index contributed by atoms with van der Waals surface area (Å²) in [5.74, 6) is 1.42. The molecule has 96 valence electrons. The Morgan fingerprint density at radius 1 is 1.24 bits per heavy atom. The highest BCUT2D eigenvalue weighted by molar-refractivity contribution is 4.86. The minimum atomic E-state index is 0.192. The van der Waals surface area contributed by atoms with Crippen molar-refractivity contribution in [2.24, 2.45) is 18.7 Å². The van der Waals surface area contributed by atoms with Gasteiger partial charge in [0, 0.05) is 12.5 Å². The van der Waals surface area contributed by atoms with Crippen LogP contribution in [0.15, 0.2) is 0 Å². The van der Waals surface area contributed by atoms with Crippen molar-refractivity contribution in [2.75, 3.05) is 0 Å². The van der Waals surface area contributed by atoms with Crippen molar-refractivity contribution in [3.8, 4) is 0 Å². The second kappa shape index (κ2) is 6.10. The Morgan fingerprint density at radius 2 is 1.88 bits per heavy atom. The summed E-state index contributed by atoms with van der Waals surface area (Å²) in [6.45, 7) is 0. The Labute approximate surface area is 103 Å². The standard InChI is InChI=1S/C12H23N5/c1-17-15-12(14-16-17)9-11(13)10-7-5-3-2-4-6-8-10/h10-11H,2-9,13H2,1H3. The van der Waals surface area contributed by atoms with Crippen molar-refractivity contribution in [3.63, 3.8) is 0 Å². The molecule has 1 fully saturated rings. The van der Waals surface area contributed by atoms with Gasteiger partial charge in [0.05, 0.1) is 7.05 Å². The maximum absolute atomic E-state index is 6.29. The SMILES string of the molecule is Cn1nnc(CC(N)C2CCCCCCC2)n1. The average Bonchev–Trinajstić information content (AvgIpc) is 2.63. The summed E-state index contributed by atoms with van der Waals surface area (Å²) < 4.78 is 0. The number of tetrazole rings is 1. The largest absolute Gasteiger partial charge is 0.327 e. The highest BCUT2D eigenvalue weighted by Crippen LogP contribution is 2.25. The van der Waals surface area contributed by atoms with E-state index in [4.69, 9.17) is 5.73 Å². The van der Waals surface area contributed by atoms with Crippen molar-refractivity contribution in [1.82, 2.24) is 20.2 Å². The first-order valence-electron chi connectivity index (χ1n) is 6.74. The molecule has 1 saturated carbocycles. The summed E-state index contributed by atoms with van der Waals surface area (Å²) in [5.41, 5.74) is 6.29. The normalized spacial score (nSPS) is 20.8. The van der Waals surface area contributed by atoms with Gasteiger partial charge in [-0.3, -0.25) is 0 Å². The maximum Gasteiger partial charge on any atom is 0.176 e. The number of nitrogens with zero attached hydrogens (tertiary/aromatic N) is 4. The Balaban J connectivity index is 1.86. The van der Waals surface area contributed by atoms with Crippen LogP contribution in [-0.2, 0) is 13.5 Å². The molecule has 1 unspecified atom stereocenters. The van der Waals surface area contributed by atoms with E-state index in [0.717, 1.165) is 12.2 Å². The molecule has 1 heterocycles. The summed E-state index contributed by atoms with van der Waals surface area (Å²) in [6.07, 6.45) is 10.1. The highest BCUT2D eigenvalue weighted by Gasteiger charge is 2.20. The van der Waals surface area contributed by atoms with Gasteiger partial charge < -0.3 is 5.73 Å². The summed E-state index contributed by atoms with van der Waals surface area (Å²) in [4.78, 5) is 1.50. The van der Waals surface area contributed by atoms with E-state index in [0.29, 0.717) is 5.92 Å². The molecule has 0 aliphatic heterocycles. The molecule has 0 radical (unpaired) electrons. The molecule has 1 aromatic heterocycles. The molecule has 17 heavy (non-hydrogen) atoms. The van der Waals surface area contributed by atoms with Gasteiger partial charge in [-0.15, -0.1) is 10.2 Å². The smallest absolute Gasteiger partial charge is 0.176 e. The molecule has 0 saturated heterocycles. The van der Waals surface area contributed by atoms with Gasteiger partial charge in [-0.25, -0.2) is 0 Å². The molecule has 2 rings (SSSR count). The Bertz CT molecular complexity index is 327. The second-order valence-electron chi connectivity index (χ2n) is 5.17. The summed E-state index contributed by atoms with van der Waals surface area (Å²) in [7, 11) is 1.79. The quantitative estimate of drug-likeness (QED) is 0.863.